The minimum atomic E-state index is 0.477. The maximum Gasteiger partial charge on any atom is -0.0261 e. The number of fused-ring (bicyclic) bond motifs is 2. The van der Waals surface area contributed by atoms with Crippen molar-refractivity contribution in [3.05, 3.63) is 0 Å². The van der Waals surface area contributed by atoms with E-state index in [0.717, 1.165) is 29.6 Å². The van der Waals surface area contributed by atoms with Crippen molar-refractivity contribution in [3.8, 4) is 0 Å². The van der Waals surface area contributed by atoms with Crippen molar-refractivity contribution >= 4 is 0 Å². The second-order valence-electron chi connectivity index (χ2n) is 8.79. The van der Waals surface area contributed by atoms with Gasteiger partial charge in [-0.25, -0.2) is 0 Å². The summed E-state index contributed by atoms with van der Waals surface area (Å²) in [6, 6.07) is 0. The third-order valence-electron chi connectivity index (χ3n) is 6.44. The van der Waals surface area contributed by atoms with Gasteiger partial charge in [0.05, 0.1) is 0 Å². The normalized spacial score (nSPS) is 48.5. The fraction of sp³-hybridized carbons (Fsp3) is 1.00. The lowest BCUT2D eigenvalue weighted by molar-refractivity contribution is -0.0390. The molecule has 2 aliphatic carbocycles. The lowest BCUT2D eigenvalue weighted by atomic mass is 9.53. The molecule has 0 N–H and O–H groups in total. The third-order valence-corrected chi connectivity index (χ3v) is 6.44. The molecule has 2 rings (SSSR count). The third kappa shape index (κ3) is 2.04. The molecule has 106 valence electrons. The van der Waals surface area contributed by atoms with Crippen LogP contribution in [0.25, 0.3) is 0 Å². The van der Waals surface area contributed by atoms with E-state index < -0.39 is 0 Å². The molecule has 0 amide bonds. The predicted octanol–water partition coefficient (Wildman–Crippen LogP) is 5.77. The van der Waals surface area contributed by atoms with Crippen molar-refractivity contribution in [2.24, 2.45) is 40.4 Å². The topological polar surface area (TPSA) is 0 Å². The minimum absolute atomic E-state index is 0.477. The second-order valence-corrected chi connectivity index (χ2v) is 8.79. The van der Waals surface area contributed by atoms with Crippen LogP contribution in [0.1, 0.15) is 74.1 Å². The lowest BCUT2D eigenvalue weighted by Crippen LogP contribution is -2.46. The van der Waals surface area contributed by atoms with Gasteiger partial charge in [0.1, 0.15) is 0 Å². The van der Waals surface area contributed by atoms with Gasteiger partial charge in [-0.15, -0.1) is 0 Å². The van der Waals surface area contributed by atoms with Gasteiger partial charge in [0.15, 0.2) is 0 Å². The molecule has 0 aromatic heterocycles. The largest absolute Gasteiger partial charge is 0.0654 e. The van der Waals surface area contributed by atoms with Gasteiger partial charge in [-0.3, -0.25) is 0 Å². The maximum absolute atomic E-state index is 2.61. The van der Waals surface area contributed by atoms with Crippen LogP contribution in [-0.2, 0) is 0 Å². The van der Waals surface area contributed by atoms with E-state index in [0.29, 0.717) is 10.8 Å². The van der Waals surface area contributed by atoms with Gasteiger partial charge >= 0.3 is 0 Å². The Morgan fingerprint density at radius 3 is 2.28 bits per heavy atom. The van der Waals surface area contributed by atoms with Gasteiger partial charge in [-0.05, 0) is 53.3 Å². The summed E-state index contributed by atoms with van der Waals surface area (Å²) in [5.41, 5.74) is 1.08. The molecule has 0 aliphatic heterocycles. The Labute approximate surface area is 115 Å². The molecule has 18 heavy (non-hydrogen) atoms. The SMILES string of the molecule is CCCC1CC2(C)C(C)CC(C)C1C2C(C)(C)C. The highest BCUT2D eigenvalue weighted by Crippen LogP contribution is 2.67. The summed E-state index contributed by atoms with van der Waals surface area (Å²) in [5, 5.41) is 0. The van der Waals surface area contributed by atoms with E-state index in [-0.39, 0.29) is 0 Å². The zero-order valence-electron chi connectivity index (χ0n) is 13.7. The monoisotopic (exact) mass is 250 g/mol. The summed E-state index contributed by atoms with van der Waals surface area (Å²) >= 11 is 0. The molecular formula is C18H34. The Balaban J connectivity index is 2.39. The first kappa shape index (κ1) is 14.4. The van der Waals surface area contributed by atoms with Crippen molar-refractivity contribution in [3.63, 3.8) is 0 Å². The zero-order valence-corrected chi connectivity index (χ0v) is 13.7. The van der Waals surface area contributed by atoms with Gasteiger partial charge < -0.3 is 0 Å². The smallest absolute Gasteiger partial charge is 0.0261 e. The summed E-state index contributed by atoms with van der Waals surface area (Å²) < 4.78 is 0. The van der Waals surface area contributed by atoms with Crippen LogP contribution >= 0.6 is 0 Å². The molecule has 0 aromatic rings. The van der Waals surface area contributed by atoms with Crippen LogP contribution in [0.2, 0.25) is 0 Å². The molecule has 0 spiro atoms. The van der Waals surface area contributed by atoms with Crippen molar-refractivity contribution in [2.75, 3.05) is 0 Å². The molecule has 0 aromatic carbocycles. The molecule has 2 aliphatic rings. The highest BCUT2D eigenvalue weighted by molar-refractivity contribution is 5.08. The first-order valence-electron chi connectivity index (χ1n) is 8.21. The second kappa shape index (κ2) is 4.53. The predicted molar refractivity (Wildman–Crippen MR) is 80.5 cm³/mol. The first-order chi connectivity index (χ1) is 8.21. The fourth-order valence-corrected chi connectivity index (χ4v) is 6.06. The highest BCUT2D eigenvalue weighted by Gasteiger charge is 2.60. The Morgan fingerprint density at radius 2 is 1.78 bits per heavy atom. The Hall–Kier alpha value is 0. The quantitative estimate of drug-likeness (QED) is 0.584. The van der Waals surface area contributed by atoms with E-state index in [1.165, 1.54) is 25.7 Å². The zero-order chi connectivity index (χ0) is 13.7. The van der Waals surface area contributed by atoms with E-state index in [4.69, 9.17) is 0 Å². The number of hydrogen-bond donors (Lipinski definition) is 0. The number of rotatable bonds is 2. The van der Waals surface area contributed by atoms with Crippen molar-refractivity contribution < 1.29 is 0 Å². The van der Waals surface area contributed by atoms with Gasteiger partial charge in [0.2, 0.25) is 0 Å². The molecule has 2 fully saturated rings. The van der Waals surface area contributed by atoms with E-state index >= 15 is 0 Å². The summed E-state index contributed by atoms with van der Waals surface area (Å²) in [4.78, 5) is 0. The molecule has 0 saturated heterocycles. The standard InChI is InChI=1S/C18H34/c1-8-9-14-11-18(7)13(3)10-12(2)15(14)16(18)17(4,5)6/h12-16H,8-11H2,1-7H3. The molecule has 0 nitrogen and oxygen atoms in total. The Bertz CT molecular complexity index is 298. The van der Waals surface area contributed by atoms with Crippen LogP contribution in [0.3, 0.4) is 0 Å². The van der Waals surface area contributed by atoms with Crippen molar-refractivity contribution in [2.45, 2.75) is 74.1 Å². The Morgan fingerprint density at radius 1 is 1.17 bits per heavy atom. The molecular weight excluding hydrogens is 216 g/mol. The average Bonchev–Trinajstić information content (AvgIpc) is 2.47. The first-order valence-corrected chi connectivity index (χ1v) is 8.21. The summed E-state index contributed by atoms with van der Waals surface area (Å²) in [6.45, 7) is 17.5. The van der Waals surface area contributed by atoms with Crippen LogP contribution in [0, 0.1) is 40.4 Å². The van der Waals surface area contributed by atoms with Crippen LogP contribution in [0.5, 0.6) is 0 Å². The van der Waals surface area contributed by atoms with Gasteiger partial charge in [0.25, 0.3) is 0 Å². The van der Waals surface area contributed by atoms with Crippen molar-refractivity contribution in [1.29, 1.82) is 0 Å². The molecule has 2 bridgehead atoms. The average molecular weight is 250 g/mol. The van der Waals surface area contributed by atoms with E-state index in [9.17, 15) is 0 Å². The van der Waals surface area contributed by atoms with E-state index in [2.05, 4.69) is 48.5 Å². The molecule has 6 unspecified atom stereocenters. The molecule has 0 heterocycles. The molecule has 0 heteroatoms. The van der Waals surface area contributed by atoms with Gasteiger partial charge in [-0.1, -0.05) is 61.3 Å². The summed E-state index contributed by atoms with van der Waals surface area (Å²) in [5.74, 6) is 4.78. The van der Waals surface area contributed by atoms with Gasteiger partial charge in [0, 0.05) is 0 Å². The van der Waals surface area contributed by atoms with E-state index in [1.54, 1.807) is 0 Å². The van der Waals surface area contributed by atoms with Crippen LogP contribution in [-0.4, -0.2) is 0 Å². The summed E-state index contributed by atoms with van der Waals surface area (Å²) in [7, 11) is 0. The van der Waals surface area contributed by atoms with Crippen LogP contribution in [0.15, 0.2) is 0 Å². The minimum Gasteiger partial charge on any atom is -0.0654 e. The fourth-order valence-electron chi connectivity index (χ4n) is 6.06. The van der Waals surface area contributed by atoms with Crippen LogP contribution < -0.4 is 0 Å². The maximum atomic E-state index is 2.61. The Kier molecular flexibility index (Phi) is 3.63. The highest BCUT2D eigenvalue weighted by atomic mass is 14.6. The molecule has 0 radical (unpaired) electrons. The molecule has 6 atom stereocenters. The van der Waals surface area contributed by atoms with Gasteiger partial charge in [-0.2, -0.15) is 0 Å². The molecule has 2 saturated carbocycles. The lowest BCUT2D eigenvalue weighted by Gasteiger charge is -2.52. The number of hydrogen-bond acceptors (Lipinski definition) is 0. The van der Waals surface area contributed by atoms with E-state index in [1.807, 2.05) is 0 Å². The van der Waals surface area contributed by atoms with Crippen LogP contribution in [0.4, 0.5) is 0 Å². The van der Waals surface area contributed by atoms with Crippen molar-refractivity contribution in [1.82, 2.24) is 0 Å². The summed E-state index contributed by atoms with van der Waals surface area (Å²) in [6.07, 6.45) is 5.80.